The van der Waals surface area contributed by atoms with Gasteiger partial charge in [0.1, 0.15) is 0 Å². The van der Waals surface area contributed by atoms with Crippen molar-refractivity contribution in [1.29, 1.82) is 0 Å². The SMILES string of the molecule is COC(=O)c1cc(C(=O)OC)cc(-n2c(C)cc(C(=O)CSc3nnnn3-c3ccccc3)c2C)c1. The Balaban J connectivity index is 1.63. The van der Waals surface area contributed by atoms with Gasteiger partial charge in [0, 0.05) is 22.6 Å². The third kappa shape index (κ3) is 4.91. The van der Waals surface area contributed by atoms with E-state index >= 15 is 0 Å². The van der Waals surface area contributed by atoms with Gasteiger partial charge in [-0.2, -0.15) is 4.68 Å². The first kappa shape index (κ1) is 24.9. The van der Waals surface area contributed by atoms with Gasteiger partial charge in [0.25, 0.3) is 0 Å². The van der Waals surface area contributed by atoms with Gasteiger partial charge in [-0.25, -0.2) is 9.59 Å². The highest BCUT2D eigenvalue weighted by Crippen LogP contribution is 2.26. The molecule has 0 aliphatic heterocycles. The molecule has 184 valence electrons. The maximum absolute atomic E-state index is 13.2. The lowest BCUT2D eigenvalue weighted by Crippen LogP contribution is -2.10. The Bertz CT molecular complexity index is 1410. The fraction of sp³-hybridized carbons (Fsp3) is 0.200. The maximum atomic E-state index is 13.2. The van der Waals surface area contributed by atoms with Gasteiger partial charge in [-0.05, 0) is 60.7 Å². The predicted octanol–water partition coefficient (Wildman–Crippen LogP) is 3.62. The van der Waals surface area contributed by atoms with Crippen LogP contribution >= 0.6 is 11.8 Å². The summed E-state index contributed by atoms with van der Waals surface area (Å²) in [4.78, 5) is 37.6. The van der Waals surface area contributed by atoms with Crippen LogP contribution in [0, 0.1) is 13.8 Å². The second-order valence-electron chi connectivity index (χ2n) is 7.79. The number of para-hydroxylation sites is 1. The minimum Gasteiger partial charge on any atom is -0.465 e. The van der Waals surface area contributed by atoms with E-state index < -0.39 is 11.9 Å². The second kappa shape index (κ2) is 10.6. The lowest BCUT2D eigenvalue weighted by atomic mass is 10.1. The molecule has 0 N–H and O–H groups in total. The molecule has 0 saturated carbocycles. The van der Waals surface area contributed by atoms with E-state index in [0.717, 1.165) is 11.4 Å². The standard InChI is InChI=1S/C25H23N5O5S/c1-15-10-21(22(31)14-36-25-26-27-28-30(25)19-8-6-5-7-9-19)16(2)29(15)20-12-17(23(32)34-3)11-18(13-20)24(33)35-4/h5-13H,14H2,1-4H3. The van der Waals surface area contributed by atoms with E-state index in [4.69, 9.17) is 9.47 Å². The van der Waals surface area contributed by atoms with Crippen LogP contribution in [0.4, 0.5) is 0 Å². The summed E-state index contributed by atoms with van der Waals surface area (Å²) < 4.78 is 13.1. The number of thioether (sulfide) groups is 1. The van der Waals surface area contributed by atoms with Crippen molar-refractivity contribution in [3.05, 3.63) is 82.7 Å². The van der Waals surface area contributed by atoms with E-state index in [-0.39, 0.29) is 22.7 Å². The monoisotopic (exact) mass is 505 g/mol. The summed E-state index contributed by atoms with van der Waals surface area (Å²) in [6.45, 7) is 3.65. The molecule has 2 heterocycles. The molecule has 10 nitrogen and oxygen atoms in total. The van der Waals surface area contributed by atoms with Crippen molar-refractivity contribution in [1.82, 2.24) is 24.8 Å². The van der Waals surface area contributed by atoms with Crippen molar-refractivity contribution in [2.45, 2.75) is 19.0 Å². The highest BCUT2D eigenvalue weighted by atomic mass is 32.2. The second-order valence-corrected chi connectivity index (χ2v) is 8.74. The zero-order valence-corrected chi connectivity index (χ0v) is 20.9. The molecule has 2 aromatic heterocycles. The molecule has 0 spiro atoms. The van der Waals surface area contributed by atoms with Gasteiger partial charge in [-0.3, -0.25) is 4.79 Å². The van der Waals surface area contributed by atoms with Crippen LogP contribution in [0.3, 0.4) is 0 Å². The van der Waals surface area contributed by atoms with Gasteiger partial charge in [0.2, 0.25) is 5.16 Å². The summed E-state index contributed by atoms with van der Waals surface area (Å²) >= 11 is 1.24. The molecule has 0 aliphatic carbocycles. The molecule has 0 fully saturated rings. The number of carbonyl (C=O) groups excluding carboxylic acids is 3. The highest BCUT2D eigenvalue weighted by Gasteiger charge is 2.21. The van der Waals surface area contributed by atoms with E-state index in [1.54, 1.807) is 22.9 Å². The van der Waals surface area contributed by atoms with Gasteiger partial charge >= 0.3 is 11.9 Å². The van der Waals surface area contributed by atoms with Crippen LogP contribution < -0.4 is 0 Å². The molecule has 0 atom stereocenters. The molecule has 2 aromatic carbocycles. The van der Waals surface area contributed by atoms with Crippen LogP contribution in [-0.4, -0.2) is 62.5 Å². The fourth-order valence-corrected chi connectivity index (χ4v) is 4.64. The lowest BCUT2D eigenvalue weighted by Gasteiger charge is -2.13. The number of ketones is 1. The van der Waals surface area contributed by atoms with Gasteiger partial charge in [-0.1, -0.05) is 30.0 Å². The largest absolute Gasteiger partial charge is 0.465 e. The Labute approximate surface area is 211 Å². The van der Waals surface area contributed by atoms with E-state index in [1.807, 2.05) is 48.7 Å². The van der Waals surface area contributed by atoms with Crippen LogP contribution in [0.5, 0.6) is 0 Å². The van der Waals surface area contributed by atoms with Crippen molar-refractivity contribution in [2.24, 2.45) is 0 Å². The van der Waals surface area contributed by atoms with E-state index in [9.17, 15) is 14.4 Å². The molecule has 0 amide bonds. The molecule has 11 heteroatoms. The highest BCUT2D eigenvalue weighted by molar-refractivity contribution is 7.99. The number of benzene rings is 2. The Kier molecular flexibility index (Phi) is 7.30. The molecule has 4 rings (SSSR count). The number of hydrogen-bond acceptors (Lipinski definition) is 9. The van der Waals surface area contributed by atoms with Crippen LogP contribution in [-0.2, 0) is 9.47 Å². The van der Waals surface area contributed by atoms with Crippen LogP contribution in [0.15, 0.2) is 59.8 Å². The molecule has 0 radical (unpaired) electrons. The summed E-state index contributed by atoms with van der Waals surface area (Å²) in [6, 6.07) is 15.8. The number of carbonyl (C=O) groups is 3. The first-order valence-electron chi connectivity index (χ1n) is 10.8. The Morgan fingerprint density at radius 3 is 2.14 bits per heavy atom. The number of nitrogens with zero attached hydrogens (tertiary/aromatic N) is 5. The zero-order valence-electron chi connectivity index (χ0n) is 20.1. The molecule has 36 heavy (non-hydrogen) atoms. The van der Waals surface area contributed by atoms with Crippen molar-refractivity contribution in [2.75, 3.05) is 20.0 Å². The molecular formula is C25H23N5O5S. The minimum absolute atomic E-state index is 0.112. The zero-order chi connectivity index (χ0) is 25.8. The normalized spacial score (nSPS) is 10.8. The Morgan fingerprint density at radius 1 is 0.889 bits per heavy atom. The molecule has 0 unspecified atom stereocenters. The number of aromatic nitrogens is 5. The van der Waals surface area contributed by atoms with Crippen LogP contribution in [0.25, 0.3) is 11.4 Å². The smallest absolute Gasteiger partial charge is 0.337 e. The van der Waals surface area contributed by atoms with Gasteiger partial charge in [0.05, 0.1) is 36.8 Å². The number of rotatable bonds is 8. The van der Waals surface area contributed by atoms with Crippen molar-refractivity contribution >= 4 is 29.5 Å². The van der Waals surface area contributed by atoms with E-state index in [0.29, 0.717) is 22.1 Å². The van der Waals surface area contributed by atoms with E-state index in [1.165, 1.54) is 32.0 Å². The summed E-state index contributed by atoms with van der Waals surface area (Å²) in [5.41, 5.74) is 3.65. The molecular weight excluding hydrogens is 482 g/mol. The summed E-state index contributed by atoms with van der Waals surface area (Å²) in [7, 11) is 2.53. The fourth-order valence-electron chi connectivity index (χ4n) is 3.86. The first-order chi connectivity index (χ1) is 17.3. The van der Waals surface area contributed by atoms with Crippen molar-refractivity contribution in [3.8, 4) is 11.4 Å². The van der Waals surface area contributed by atoms with Crippen molar-refractivity contribution in [3.63, 3.8) is 0 Å². The quantitative estimate of drug-likeness (QED) is 0.201. The molecule has 0 aliphatic rings. The summed E-state index contributed by atoms with van der Waals surface area (Å²) in [5, 5.41) is 12.3. The Morgan fingerprint density at radius 2 is 1.53 bits per heavy atom. The average Bonchev–Trinajstić information content (AvgIpc) is 3.50. The summed E-state index contributed by atoms with van der Waals surface area (Å²) in [6.07, 6.45) is 0. The van der Waals surface area contributed by atoms with Gasteiger partial charge in [-0.15, -0.1) is 5.10 Å². The van der Waals surface area contributed by atoms with Crippen LogP contribution in [0.2, 0.25) is 0 Å². The third-order valence-corrected chi connectivity index (χ3v) is 6.44. The molecule has 0 bridgehead atoms. The van der Waals surface area contributed by atoms with Gasteiger partial charge < -0.3 is 14.0 Å². The average molecular weight is 506 g/mol. The maximum Gasteiger partial charge on any atom is 0.337 e. The minimum atomic E-state index is -0.590. The van der Waals surface area contributed by atoms with Crippen LogP contribution in [0.1, 0.15) is 42.5 Å². The van der Waals surface area contributed by atoms with Crippen molar-refractivity contribution < 1.29 is 23.9 Å². The third-order valence-electron chi connectivity index (χ3n) is 5.52. The predicted molar refractivity (Wildman–Crippen MR) is 132 cm³/mol. The molecule has 4 aromatic rings. The number of methoxy groups -OCH3 is 2. The number of ether oxygens (including phenoxy) is 2. The number of esters is 2. The lowest BCUT2D eigenvalue weighted by molar-refractivity contribution is 0.0599. The number of tetrazole rings is 1. The number of hydrogen-bond donors (Lipinski definition) is 0. The number of Topliss-reactive ketones (excluding diaryl/α,β-unsaturated/α-hetero) is 1. The first-order valence-corrected chi connectivity index (χ1v) is 11.8. The summed E-state index contributed by atoms with van der Waals surface area (Å²) in [5.74, 6) is -1.17. The molecule has 0 saturated heterocycles. The Hall–Kier alpha value is -4.25. The van der Waals surface area contributed by atoms with E-state index in [2.05, 4.69) is 15.5 Å². The number of aryl methyl sites for hydroxylation is 1. The van der Waals surface area contributed by atoms with Gasteiger partial charge in [0.15, 0.2) is 5.78 Å². The topological polar surface area (TPSA) is 118 Å².